The zero-order valence-electron chi connectivity index (χ0n) is 19.3. The quantitative estimate of drug-likeness (QED) is 0.571. The molecule has 1 unspecified atom stereocenters. The van der Waals surface area contributed by atoms with Crippen LogP contribution in [0.3, 0.4) is 0 Å². The molecule has 1 atom stereocenters. The van der Waals surface area contributed by atoms with Gasteiger partial charge in [0.25, 0.3) is 11.9 Å². The number of rotatable bonds is 6. The van der Waals surface area contributed by atoms with Crippen molar-refractivity contribution in [3.63, 3.8) is 0 Å². The highest BCUT2D eigenvalue weighted by Gasteiger charge is 2.19. The Morgan fingerprint density at radius 3 is 2.30 bits per heavy atom. The summed E-state index contributed by atoms with van der Waals surface area (Å²) >= 11 is 0. The van der Waals surface area contributed by atoms with Gasteiger partial charge in [0.2, 0.25) is 0 Å². The summed E-state index contributed by atoms with van der Waals surface area (Å²) < 4.78 is 12.7. The molecule has 0 saturated carbocycles. The molecule has 0 bridgehead atoms. The van der Waals surface area contributed by atoms with E-state index in [2.05, 4.69) is 10.1 Å². The van der Waals surface area contributed by atoms with E-state index in [0.29, 0.717) is 5.82 Å². The Labute approximate surface area is 192 Å². The Balaban J connectivity index is 0.000000591. The molecule has 1 aliphatic heterocycles. The maximum absolute atomic E-state index is 12.1. The van der Waals surface area contributed by atoms with Crippen LogP contribution in [-0.4, -0.2) is 80.7 Å². The average molecular weight is 468 g/mol. The third-order valence-electron chi connectivity index (χ3n) is 4.62. The summed E-state index contributed by atoms with van der Waals surface area (Å²) in [5.74, 6) is -1.21. The molecule has 12 nitrogen and oxygen atoms in total. The number of aromatic nitrogens is 3. The van der Waals surface area contributed by atoms with Gasteiger partial charge in [-0.15, -0.1) is 0 Å². The molecule has 3 rings (SSSR count). The van der Waals surface area contributed by atoms with Crippen LogP contribution in [0.25, 0.3) is 5.52 Å². The summed E-state index contributed by atoms with van der Waals surface area (Å²) in [7, 11) is 1.63. The zero-order chi connectivity index (χ0) is 24.8. The largest absolute Gasteiger partial charge is 0.481 e. The summed E-state index contributed by atoms with van der Waals surface area (Å²) in [5, 5.41) is 19.1. The highest BCUT2D eigenvalue weighted by atomic mass is 16.6. The SMILES string of the molecule is CC(=O)O.CC(=O)O.COC(CCc1ccc2c(N)ncnn12)COC(=O)N1CCCCC1. The molecule has 3 heterocycles. The monoisotopic (exact) mass is 467 g/mol. The number of carboxylic acids is 2. The van der Waals surface area contributed by atoms with Crippen molar-refractivity contribution in [2.45, 2.75) is 52.1 Å². The summed E-state index contributed by atoms with van der Waals surface area (Å²) in [6.07, 6.45) is 5.80. The Bertz CT molecular complexity index is 876. The van der Waals surface area contributed by atoms with Crippen molar-refractivity contribution in [1.82, 2.24) is 19.5 Å². The fraction of sp³-hybridized carbons (Fsp3) is 0.571. The number of nitrogens with zero attached hydrogens (tertiary/aromatic N) is 4. The van der Waals surface area contributed by atoms with E-state index in [-0.39, 0.29) is 18.8 Å². The number of aryl methyl sites for hydroxylation is 1. The Morgan fingerprint density at radius 2 is 1.73 bits per heavy atom. The molecule has 0 aliphatic carbocycles. The molecule has 1 saturated heterocycles. The first-order valence-electron chi connectivity index (χ1n) is 10.6. The smallest absolute Gasteiger partial charge is 0.409 e. The topological polar surface area (TPSA) is 170 Å². The number of carbonyl (C=O) groups is 3. The van der Waals surface area contributed by atoms with E-state index in [1.165, 1.54) is 12.7 Å². The Morgan fingerprint density at radius 1 is 1.12 bits per heavy atom. The van der Waals surface area contributed by atoms with Gasteiger partial charge in [-0.3, -0.25) is 9.59 Å². The number of nitrogen functional groups attached to an aromatic ring is 1. The normalized spacial score (nSPS) is 13.7. The standard InChI is InChI=1S/C17H25N5O3.2C2H4O2/c1-24-14(11-25-17(23)21-9-3-2-4-10-21)7-5-13-6-8-15-16(18)19-12-20-22(13)15;2*1-2(3)4/h6,8,12,14H,2-5,7,9-11H2,1H3,(H2,18,19,20);2*1H3,(H,3,4). The first kappa shape index (κ1) is 27.6. The molecule has 12 heteroatoms. The van der Waals surface area contributed by atoms with Crippen molar-refractivity contribution < 1.29 is 34.1 Å². The molecule has 1 fully saturated rings. The van der Waals surface area contributed by atoms with Gasteiger partial charge in [-0.1, -0.05) is 0 Å². The molecular formula is C21H33N5O7. The number of likely N-dealkylation sites (tertiary alicyclic amines) is 1. The van der Waals surface area contributed by atoms with Crippen LogP contribution in [0.4, 0.5) is 10.6 Å². The molecule has 33 heavy (non-hydrogen) atoms. The van der Waals surface area contributed by atoms with Crippen LogP contribution >= 0.6 is 0 Å². The molecule has 1 aliphatic rings. The van der Waals surface area contributed by atoms with Gasteiger partial charge in [0, 0.05) is 39.7 Å². The lowest BCUT2D eigenvalue weighted by Crippen LogP contribution is -2.37. The van der Waals surface area contributed by atoms with E-state index in [4.69, 9.17) is 35.0 Å². The second-order valence-electron chi connectivity index (χ2n) is 7.33. The van der Waals surface area contributed by atoms with Gasteiger partial charge in [-0.25, -0.2) is 14.3 Å². The third kappa shape index (κ3) is 10.6. The number of anilines is 1. The van der Waals surface area contributed by atoms with Crippen LogP contribution < -0.4 is 5.73 Å². The minimum Gasteiger partial charge on any atom is -0.481 e. The maximum atomic E-state index is 12.1. The molecule has 2 aromatic heterocycles. The van der Waals surface area contributed by atoms with Crippen LogP contribution in [0.15, 0.2) is 18.5 Å². The van der Waals surface area contributed by atoms with Gasteiger partial charge >= 0.3 is 6.09 Å². The number of carboxylic acid groups (broad SMARTS) is 2. The van der Waals surface area contributed by atoms with Gasteiger partial charge in [0.05, 0.1) is 6.10 Å². The number of amides is 1. The number of carbonyl (C=O) groups excluding carboxylic acids is 1. The minimum atomic E-state index is -0.833. The summed E-state index contributed by atoms with van der Waals surface area (Å²) in [6.45, 7) is 3.99. The lowest BCUT2D eigenvalue weighted by atomic mass is 10.1. The first-order chi connectivity index (χ1) is 15.6. The number of methoxy groups -OCH3 is 1. The summed E-state index contributed by atoms with van der Waals surface area (Å²) in [6, 6.07) is 3.88. The summed E-state index contributed by atoms with van der Waals surface area (Å²) in [4.78, 5) is 35.8. The van der Waals surface area contributed by atoms with Crippen molar-refractivity contribution in [3.8, 4) is 0 Å². The van der Waals surface area contributed by atoms with Gasteiger partial charge in [-0.05, 0) is 44.2 Å². The van der Waals surface area contributed by atoms with E-state index >= 15 is 0 Å². The van der Waals surface area contributed by atoms with Gasteiger partial charge < -0.3 is 30.3 Å². The average Bonchev–Trinajstić information content (AvgIpc) is 3.18. The summed E-state index contributed by atoms with van der Waals surface area (Å²) in [5.41, 5.74) is 7.66. The van der Waals surface area contributed by atoms with Crippen LogP contribution in [0, 0.1) is 0 Å². The van der Waals surface area contributed by atoms with E-state index < -0.39 is 11.9 Å². The number of piperidine rings is 1. The second-order valence-corrected chi connectivity index (χ2v) is 7.33. The lowest BCUT2D eigenvalue weighted by molar-refractivity contribution is -0.135. The van der Waals surface area contributed by atoms with Crippen molar-refractivity contribution in [1.29, 1.82) is 0 Å². The van der Waals surface area contributed by atoms with Gasteiger partial charge in [0.1, 0.15) is 18.5 Å². The molecule has 0 aromatic carbocycles. The number of ether oxygens (including phenoxy) is 2. The second kappa shape index (κ2) is 14.6. The van der Waals surface area contributed by atoms with Crippen molar-refractivity contribution in [3.05, 3.63) is 24.2 Å². The van der Waals surface area contributed by atoms with E-state index in [1.807, 2.05) is 12.1 Å². The first-order valence-corrected chi connectivity index (χ1v) is 10.6. The number of hydrogen-bond donors (Lipinski definition) is 3. The van der Waals surface area contributed by atoms with E-state index in [1.54, 1.807) is 16.5 Å². The molecule has 184 valence electrons. The van der Waals surface area contributed by atoms with Gasteiger partial charge in [0.15, 0.2) is 5.82 Å². The lowest BCUT2D eigenvalue weighted by Gasteiger charge is -2.26. The van der Waals surface area contributed by atoms with E-state index in [0.717, 1.165) is 63.8 Å². The van der Waals surface area contributed by atoms with Crippen molar-refractivity contribution in [2.24, 2.45) is 0 Å². The van der Waals surface area contributed by atoms with Crippen LogP contribution in [-0.2, 0) is 25.5 Å². The Hall–Kier alpha value is -3.41. The predicted molar refractivity (Wildman–Crippen MR) is 120 cm³/mol. The molecule has 2 aromatic rings. The fourth-order valence-corrected chi connectivity index (χ4v) is 3.11. The van der Waals surface area contributed by atoms with Gasteiger partial charge in [-0.2, -0.15) is 5.10 Å². The Kier molecular flexibility index (Phi) is 12.2. The predicted octanol–water partition coefficient (Wildman–Crippen LogP) is 2.06. The molecular weight excluding hydrogens is 434 g/mol. The van der Waals surface area contributed by atoms with Crippen LogP contribution in [0.1, 0.15) is 45.2 Å². The fourth-order valence-electron chi connectivity index (χ4n) is 3.11. The zero-order valence-corrected chi connectivity index (χ0v) is 19.3. The number of nitrogens with two attached hydrogens (primary N) is 1. The number of fused-ring (bicyclic) bond motifs is 1. The molecule has 0 spiro atoms. The van der Waals surface area contributed by atoms with Crippen LogP contribution in [0.5, 0.6) is 0 Å². The molecule has 0 radical (unpaired) electrons. The number of hydrogen-bond acceptors (Lipinski definition) is 8. The third-order valence-corrected chi connectivity index (χ3v) is 4.62. The number of aliphatic carboxylic acids is 2. The highest BCUT2D eigenvalue weighted by Crippen LogP contribution is 2.16. The van der Waals surface area contributed by atoms with Crippen LogP contribution in [0.2, 0.25) is 0 Å². The van der Waals surface area contributed by atoms with Crippen molar-refractivity contribution in [2.75, 3.05) is 32.5 Å². The maximum Gasteiger partial charge on any atom is 0.409 e. The highest BCUT2D eigenvalue weighted by molar-refractivity contribution is 5.67. The minimum absolute atomic E-state index is 0.154. The molecule has 1 amide bonds. The van der Waals surface area contributed by atoms with Crippen molar-refractivity contribution >= 4 is 29.4 Å². The van der Waals surface area contributed by atoms with E-state index in [9.17, 15) is 4.79 Å². The molecule has 4 N–H and O–H groups in total.